The smallest absolute Gasteiger partial charge is 0.126 e. The molecule has 3 heteroatoms. The van der Waals surface area contributed by atoms with Gasteiger partial charge in [0.15, 0.2) is 0 Å². The monoisotopic (exact) mass is 269 g/mol. The first-order valence-electron chi connectivity index (χ1n) is 3.77. The number of hydrogen-bond donors (Lipinski definition) is 0. The van der Waals surface area contributed by atoms with Gasteiger partial charge in [-0.25, -0.2) is 4.39 Å². The van der Waals surface area contributed by atoms with Crippen molar-refractivity contribution >= 4 is 22.6 Å². The van der Waals surface area contributed by atoms with E-state index in [0.29, 0.717) is 12.5 Å². The highest BCUT2D eigenvalue weighted by molar-refractivity contribution is 14.1. The highest BCUT2D eigenvalue weighted by Gasteiger charge is 2.26. The molecule has 0 saturated heterocycles. The van der Waals surface area contributed by atoms with E-state index in [-0.39, 0.29) is 0 Å². The van der Waals surface area contributed by atoms with Crippen LogP contribution in [0.4, 0.5) is 4.39 Å². The molecule has 0 radical (unpaired) electrons. The molecule has 0 fully saturated rings. The van der Waals surface area contributed by atoms with Gasteiger partial charge in [-0.2, -0.15) is 0 Å². The van der Waals surface area contributed by atoms with Crippen molar-refractivity contribution in [2.45, 2.75) is 32.5 Å². The van der Waals surface area contributed by atoms with E-state index in [0.717, 1.165) is 9.28 Å². The molecule has 0 aromatic carbocycles. The highest BCUT2D eigenvalue weighted by atomic mass is 127. The van der Waals surface area contributed by atoms with Gasteiger partial charge in [0.2, 0.25) is 0 Å². The third-order valence-corrected chi connectivity index (χ3v) is 3.93. The summed E-state index contributed by atoms with van der Waals surface area (Å²) < 4.78 is 14.2. The fourth-order valence-corrected chi connectivity index (χ4v) is 2.05. The summed E-state index contributed by atoms with van der Waals surface area (Å²) >= 11 is 2.20. The van der Waals surface area contributed by atoms with E-state index in [4.69, 9.17) is 0 Å². The quantitative estimate of drug-likeness (QED) is 0.483. The lowest BCUT2D eigenvalue weighted by Gasteiger charge is -2.34. The van der Waals surface area contributed by atoms with Crippen LogP contribution in [0.3, 0.4) is 0 Å². The van der Waals surface area contributed by atoms with Crippen molar-refractivity contribution in [1.29, 1.82) is 0 Å². The fraction of sp³-hybridized carbons (Fsp3) is 0.750. The average molecular weight is 269 g/mol. The van der Waals surface area contributed by atoms with Gasteiger partial charge in [-0.1, -0.05) is 0 Å². The second-order valence-corrected chi connectivity index (χ2v) is 4.16. The van der Waals surface area contributed by atoms with Crippen molar-refractivity contribution < 1.29 is 4.39 Å². The van der Waals surface area contributed by atoms with Crippen molar-refractivity contribution in [3.63, 3.8) is 0 Å². The molecule has 0 aromatic rings. The largest absolute Gasteiger partial charge is 0.367 e. The van der Waals surface area contributed by atoms with E-state index in [1.165, 1.54) is 0 Å². The van der Waals surface area contributed by atoms with E-state index in [1.54, 1.807) is 0 Å². The molecule has 0 bridgehead atoms. The Bertz CT molecular complexity index is 191. The van der Waals surface area contributed by atoms with Crippen molar-refractivity contribution in [1.82, 2.24) is 4.90 Å². The lowest BCUT2D eigenvalue weighted by Crippen LogP contribution is -2.35. The van der Waals surface area contributed by atoms with E-state index < -0.39 is 6.17 Å². The van der Waals surface area contributed by atoms with Crippen LogP contribution in [0.1, 0.15) is 20.3 Å². The lowest BCUT2D eigenvalue weighted by atomic mass is 10.0. The van der Waals surface area contributed by atoms with Crippen LogP contribution in [0.15, 0.2) is 9.28 Å². The van der Waals surface area contributed by atoms with Gasteiger partial charge in [0.1, 0.15) is 6.17 Å². The molecule has 1 aliphatic heterocycles. The standard InChI is InChI=1S/C8H13FIN/c1-5-4-7(9)6(2)8(10)11(5)3/h5,7H,4H2,1-3H3. The van der Waals surface area contributed by atoms with Crippen LogP contribution in [0, 0.1) is 0 Å². The van der Waals surface area contributed by atoms with Gasteiger partial charge in [-0.15, -0.1) is 0 Å². The van der Waals surface area contributed by atoms with Crippen LogP contribution in [0.25, 0.3) is 0 Å². The molecule has 11 heavy (non-hydrogen) atoms. The number of rotatable bonds is 0. The maximum absolute atomic E-state index is 13.2. The Hall–Kier alpha value is 0.200. The van der Waals surface area contributed by atoms with Gasteiger partial charge in [-0.3, -0.25) is 0 Å². The number of alkyl halides is 1. The zero-order valence-corrected chi connectivity index (χ0v) is 9.22. The fourth-order valence-electron chi connectivity index (χ4n) is 1.24. The molecule has 0 N–H and O–H groups in total. The topological polar surface area (TPSA) is 3.24 Å². The summed E-state index contributed by atoms with van der Waals surface area (Å²) in [6.45, 7) is 3.92. The van der Waals surface area contributed by atoms with Gasteiger partial charge in [0.05, 0.1) is 3.70 Å². The van der Waals surface area contributed by atoms with Crippen LogP contribution in [0.5, 0.6) is 0 Å². The van der Waals surface area contributed by atoms with Gasteiger partial charge < -0.3 is 4.90 Å². The Labute approximate surface area is 80.8 Å². The third kappa shape index (κ3) is 1.68. The molecule has 0 spiro atoms. The molecule has 0 aliphatic carbocycles. The number of allylic oxidation sites excluding steroid dienone is 1. The van der Waals surface area contributed by atoms with Gasteiger partial charge in [0, 0.05) is 19.5 Å². The van der Waals surface area contributed by atoms with Crippen molar-refractivity contribution in [3.8, 4) is 0 Å². The van der Waals surface area contributed by atoms with Crippen molar-refractivity contribution in [2.24, 2.45) is 0 Å². The minimum Gasteiger partial charge on any atom is -0.367 e. The summed E-state index contributed by atoms with van der Waals surface area (Å²) in [7, 11) is 2.02. The predicted octanol–water partition coefficient (Wildman–Crippen LogP) is 2.72. The van der Waals surface area contributed by atoms with Crippen LogP contribution < -0.4 is 0 Å². The number of halogens is 2. The molecular formula is C8H13FIN. The van der Waals surface area contributed by atoms with E-state index in [9.17, 15) is 4.39 Å². The average Bonchev–Trinajstić information content (AvgIpc) is 1.97. The normalized spacial score (nSPS) is 33.0. The first-order valence-corrected chi connectivity index (χ1v) is 4.85. The summed E-state index contributed by atoms with van der Waals surface area (Å²) in [6.07, 6.45) is -0.0948. The van der Waals surface area contributed by atoms with Gasteiger partial charge >= 0.3 is 0 Å². The third-order valence-electron chi connectivity index (χ3n) is 2.31. The molecule has 1 aliphatic rings. The summed E-state index contributed by atoms with van der Waals surface area (Å²) in [4.78, 5) is 2.13. The first-order chi connectivity index (χ1) is 5.04. The predicted molar refractivity (Wildman–Crippen MR) is 53.5 cm³/mol. The second-order valence-electron chi connectivity index (χ2n) is 3.14. The van der Waals surface area contributed by atoms with Gasteiger partial charge in [0.25, 0.3) is 0 Å². The summed E-state index contributed by atoms with van der Waals surface area (Å²) in [6, 6.07) is 0.334. The molecular weight excluding hydrogens is 256 g/mol. The maximum Gasteiger partial charge on any atom is 0.126 e. The molecule has 1 heterocycles. The van der Waals surface area contributed by atoms with E-state index in [2.05, 4.69) is 34.4 Å². The minimum atomic E-state index is -0.729. The Morgan fingerprint density at radius 1 is 1.64 bits per heavy atom. The molecule has 0 aromatic heterocycles. The molecule has 64 valence electrons. The Kier molecular flexibility index (Phi) is 2.78. The van der Waals surface area contributed by atoms with Crippen molar-refractivity contribution in [3.05, 3.63) is 9.28 Å². The maximum atomic E-state index is 13.2. The van der Waals surface area contributed by atoms with Gasteiger partial charge in [-0.05, 0) is 42.0 Å². The van der Waals surface area contributed by atoms with Crippen LogP contribution >= 0.6 is 22.6 Å². The molecule has 2 atom stereocenters. The van der Waals surface area contributed by atoms with E-state index in [1.807, 2.05) is 14.0 Å². The zero-order valence-electron chi connectivity index (χ0n) is 7.06. The van der Waals surface area contributed by atoms with Crippen LogP contribution in [0.2, 0.25) is 0 Å². The molecule has 2 unspecified atom stereocenters. The Balaban J connectivity index is 2.89. The minimum absolute atomic E-state index is 0.334. The zero-order chi connectivity index (χ0) is 8.59. The molecule has 1 nitrogen and oxygen atoms in total. The summed E-state index contributed by atoms with van der Waals surface area (Å²) in [5, 5.41) is 0. The molecule has 1 rings (SSSR count). The first kappa shape index (κ1) is 9.29. The Morgan fingerprint density at radius 2 is 2.18 bits per heavy atom. The lowest BCUT2D eigenvalue weighted by molar-refractivity contribution is 0.226. The van der Waals surface area contributed by atoms with Crippen molar-refractivity contribution in [2.75, 3.05) is 7.05 Å². The number of hydrogen-bond acceptors (Lipinski definition) is 1. The summed E-state index contributed by atoms with van der Waals surface area (Å²) in [5.41, 5.74) is 0.881. The highest BCUT2D eigenvalue weighted by Crippen LogP contribution is 2.31. The molecule has 0 amide bonds. The Morgan fingerprint density at radius 3 is 2.73 bits per heavy atom. The van der Waals surface area contributed by atoms with Crippen LogP contribution in [-0.2, 0) is 0 Å². The second kappa shape index (κ2) is 3.29. The number of nitrogens with zero attached hydrogens (tertiary/aromatic N) is 1. The van der Waals surface area contributed by atoms with Crippen LogP contribution in [-0.4, -0.2) is 24.2 Å². The summed E-state index contributed by atoms with van der Waals surface area (Å²) in [5.74, 6) is 0. The van der Waals surface area contributed by atoms with E-state index >= 15 is 0 Å². The molecule has 0 saturated carbocycles. The SMILES string of the molecule is CC1=C(I)N(C)C(C)CC1F.